The summed E-state index contributed by atoms with van der Waals surface area (Å²) in [5.74, 6) is 0.208. The van der Waals surface area contributed by atoms with Gasteiger partial charge in [-0.3, -0.25) is 4.79 Å². The van der Waals surface area contributed by atoms with Gasteiger partial charge in [-0.2, -0.15) is 0 Å². The Morgan fingerprint density at radius 2 is 1.74 bits per heavy atom. The Morgan fingerprint density at radius 1 is 1.00 bits per heavy atom. The summed E-state index contributed by atoms with van der Waals surface area (Å²) in [5.41, 5.74) is 3.50. The Bertz CT molecular complexity index is 881. The molecule has 0 saturated carbocycles. The van der Waals surface area contributed by atoms with E-state index in [1.54, 1.807) is 0 Å². The van der Waals surface area contributed by atoms with Crippen molar-refractivity contribution in [1.82, 2.24) is 15.2 Å². The number of aromatic nitrogens is 1. The lowest BCUT2D eigenvalue weighted by Crippen LogP contribution is -2.43. The van der Waals surface area contributed by atoms with Gasteiger partial charge >= 0.3 is 0 Å². The van der Waals surface area contributed by atoms with Crippen molar-refractivity contribution in [3.8, 4) is 0 Å². The van der Waals surface area contributed by atoms with Crippen LogP contribution in [0, 0.1) is 0 Å². The van der Waals surface area contributed by atoms with Crippen molar-refractivity contribution in [2.45, 2.75) is 31.7 Å². The van der Waals surface area contributed by atoms with Crippen LogP contribution in [-0.4, -0.2) is 35.4 Å². The maximum Gasteiger partial charge on any atom is 0.244 e. The van der Waals surface area contributed by atoms with Gasteiger partial charge in [-0.15, -0.1) is 0 Å². The van der Waals surface area contributed by atoms with Gasteiger partial charge in [0, 0.05) is 36.7 Å². The molecule has 1 aliphatic heterocycles. The van der Waals surface area contributed by atoms with Crippen molar-refractivity contribution in [2.75, 3.05) is 19.6 Å². The third-order valence-corrected chi connectivity index (χ3v) is 5.47. The second-order valence-corrected chi connectivity index (χ2v) is 7.29. The van der Waals surface area contributed by atoms with Crippen LogP contribution in [0.3, 0.4) is 0 Å². The summed E-state index contributed by atoms with van der Waals surface area (Å²) in [5, 5.41) is 4.79. The number of hydrogen-bond acceptors (Lipinski definition) is 2. The van der Waals surface area contributed by atoms with Gasteiger partial charge in [-0.25, -0.2) is 0 Å². The number of amides is 1. The molecule has 2 N–H and O–H groups in total. The first-order valence-corrected chi connectivity index (χ1v) is 9.95. The van der Waals surface area contributed by atoms with Gasteiger partial charge in [0.05, 0.1) is 0 Å². The Hall–Kier alpha value is -2.59. The first-order chi connectivity index (χ1) is 13.3. The average Bonchev–Trinajstić information content (AvgIpc) is 3.15. The van der Waals surface area contributed by atoms with Crippen LogP contribution >= 0.6 is 0 Å². The highest BCUT2D eigenvalue weighted by Crippen LogP contribution is 2.21. The zero-order chi connectivity index (χ0) is 18.5. The molecule has 1 saturated heterocycles. The number of likely N-dealkylation sites (tertiary alicyclic amines) is 1. The summed E-state index contributed by atoms with van der Waals surface area (Å²) < 4.78 is 0. The summed E-state index contributed by atoms with van der Waals surface area (Å²) in [6.45, 7) is 2.53. The maximum absolute atomic E-state index is 13.2. The monoisotopic (exact) mass is 361 g/mol. The Kier molecular flexibility index (Phi) is 5.54. The van der Waals surface area contributed by atoms with Crippen molar-refractivity contribution in [3.05, 3.63) is 71.9 Å². The second-order valence-electron chi connectivity index (χ2n) is 7.29. The van der Waals surface area contributed by atoms with Gasteiger partial charge < -0.3 is 15.2 Å². The molecule has 0 bridgehead atoms. The second kappa shape index (κ2) is 8.40. The van der Waals surface area contributed by atoms with Crippen LogP contribution in [0.1, 0.15) is 36.4 Å². The maximum atomic E-state index is 13.2. The third-order valence-electron chi connectivity index (χ3n) is 5.47. The van der Waals surface area contributed by atoms with E-state index in [0.29, 0.717) is 0 Å². The molecule has 3 aromatic rings. The number of hydrogen-bond donors (Lipinski definition) is 2. The van der Waals surface area contributed by atoms with Crippen molar-refractivity contribution in [3.63, 3.8) is 0 Å². The SMILES string of the molecule is O=C(C(NCCc1c[nH]c2ccccc12)c1ccccc1)N1CCCCC1. The Morgan fingerprint density at radius 3 is 2.56 bits per heavy atom. The predicted molar refractivity (Wildman–Crippen MR) is 110 cm³/mol. The Balaban J connectivity index is 1.46. The quantitative estimate of drug-likeness (QED) is 0.696. The molecule has 27 heavy (non-hydrogen) atoms. The summed E-state index contributed by atoms with van der Waals surface area (Å²) in [7, 11) is 0. The zero-order valence-corrected chi connectivity index (χ0v) is 15.7. The molecule has 1 fully saturated rings. The highest BCUT2D eigenvalue weighted by Gasteiger charge is 2.26. The summed E-state index contributed by atoms with van der Waals surface area (Å²) in [6.07, 6.45) is 6.43. The number of carbonyl (C=O) groups is 1. The van der Waals surface area contributed by atoms with Crippen molar-refractivity contribution in [2.24, 2.45) is 0 Å². The fourth-order valence-corrected chi connectivity index (χ4v) is 3.98. The number of aromatic amines is 1. The number of para-hydroxylation sites is 1. The van der Waals surface area contributed by atoms with E-state index in [9.17, 15) is 4.79 Å². The standard InChI is InChI=1S/C23H27N3O/c27-23(26-15-7-2-8-16-26)22(18-9-3-1-4-10-18)24-14-13-19-17-25-21-12-6-5-11-20(19)21/h1,3-6,9-12,17,22,24-25H,2,7-8,13-16H2. The summed E-state index contributed by atoms with van der Waals surface area (Å²) in [6, 6.07) is 18.2. The number of H-pyrrole nitrogens is 1. The molecule has 1 aromatic heterocycles. The molecule has 2 aromatic carbocycles. The van der Waals surface area contributed by atoms with E-state index < -0.39 is 0 Å². The van der Waals surface area contributed by atoms with Crippen LogP contribution in [0.15, 0.2) is 60.8 Å². The molecule has 1 unspecified atom stereocenters. The molecule has 4 nitrogen and oxygen atoms in total. The molecule has 0 radical (unpaired) electrons. The summed E-state index contributed by atoms with van der Waals surface area (Å²) in [4.78, 5) is 18.5. The van der Waals surface area contributed by atoms with Crippen LogP contribution < -0.4 is 5.32 Å². The molecule has 4 rings (SSSR count). The highest BCUT2D eigenvalue weighted by atomic mass is 16.2. The van der Waals surface area contributed by atoms with Crippen LogP contribution in [0.2, 0.25) is 0 Å². The van der Waals surface area contributed by atoms with Crippen molar-refractivity contribution < 1.29 is 4.79 Å². The van der Waals surface area contributed by atoms with E-state index >= 15 is 0 Å². The minimum atomic E-state index is -0.269. The van der Waals surface area contributed by atoms with E-state index in [1.807, 2.05) is 41.3 Å². The van der Waals surface area contributed by atoms with Gasteiger partial charge in [-0.05, 0) is 42.9 Å². The number of benzene rings is 2. The predicted octanol–water partition coefficient (Wildman–Crippen LogP) is 4.05. The summed E-state index contributed by atoms with van der Waals surface area (Å²) >= 11 is 0. The molecule has 140 valence electrons. The molecule has 0 spiro atoms. The average molecular weight is 361 g/mol. The molecule has 1 aliphatic rings. The molecule has 1 atom stereocenters. The molecular formula is C23H27N3O. The minimum Gasteiger partial charge on any atom is -0.361 e. The van der Waals surface area contributed by atoms with Gasteiger partial charge in [0.1, 0.15) is 6.04 Å². The van der Waals surface area contributed by atoms with Crippen LogP contribution in [-0.2, 0) is 11.2 Å². The normalized spacial score (nSPS) is 15.8. The van der Waals surface area contributed by atoms with Crippen LogP contribution in [0.4, 0.5) is 0 Å². The van der Waals surface area contributed by atoms with Gasteiger partial charge in [0.15, 0.2) is 0 Å². The van der Waals surface area contributed by atoms with Crippen molar-refractivity contribution in [1.29, 1.82) is 0 Å². The number of nitrogens with one attached hydrogen (secondary N) is 2. The lowest BCUT2D eigenvalue weighted by molar-refractivity contribution is -0.134. The number of carbonyl (C=O) groups excluding carboxylic acids is 1. The number of fused-ring (bicyclic) bond motifs is 1. The van der Waals surface area contributed by atoms with E-state index in [2.05, 4.69) is 34.7 Å². The fraction of sp³-hybridized carbons (Fsp3) is 0.348. The molecule has 0 aliphatic carbocycles. The fourth-order valence-electron chi connectivity index (χ4n) is 3.98. The van der Waals surface area contributed by atoms with Gasteiger partial charge in [0.25, 0.3) is 0 Å². The molecule has 2 heterocycles. The van der Waals surface area contributed by atoms with Gasteiger partial charge in [0.2, 0.25) is 5.91 Å². The zero-order valence-electron chi connectivity index (χ0n) is 15.7. The molecule has 1 amide bonds. The lowest BCUT2D eigenvalue weighted by atomic mass is 10.0. The number of rotatable bonds is 6. The molecular weight excluding hydrogens is 334 g/mol. The molecule has 4 heteroatoms. The van der Waals surface area contributed by atoms with E-state index in [4.69, 9.17) is 0 Å². The van der Waals surface area contributed by atoms with E-state index in [1.165, 1.54) is 17.4 Å². The number of piperidine rings is 1. The first kappa shape index (κ1) is 17.8. The van der Waals surface area contributed by atoms with E-state index in [0.717, 1.165) is 50.0 Å². The van der Waals surface area contributed by atoms with Gasteiger partial charge in [-0.1, -0.05) is 48.5 Å². The highest BCUT2D eigenvalue weighted by molar-refractivity contribution is 5.84. The largest absolute Gasteiger partial charge is 0.361 e. The third kappa shape index (κ3) is 4.06. The van der Waals surface area contributed by atoms with Crippen LogP contribution in [0.5, 0.6) is 0 Å². The smallest absolute Gasteiger partial charge is 0.244 e. The van der Waals surface area contributed by atoms with E-state index in [-0.39, 0.29) is 11.9 Å². The van der Waals surface area contributed by atoms with Crippen LogP contribution in [0.25, 0.3) is 10.9 Å². The topological polar surface area (TPSA) is 48.1 Å². The minimum absolute atomic E-state index is 0.208. The Labute approximate surface area is 160 Å². The lowest BCUT2D eigenvalue weighted by Gasteiger charge is -2.31. The first-order valence-electron chi connectivity index (χ1n) is 9.95. The number of nitrogens with zero attached hydrogens (tertiary/aromatic N) is 1. The van der Waals surface area contributed by atoms with Crippen molar-refractivity contribution >= 4 is 16.8 Å².